The maximum Gasteiger partial charge on any atom is 0.0233 e. The minimum absolute atomic E-state index is 0. The molecule has 3 rings (SSSR count). The largest absolute Gasteiger partial charge is 0.299 e. The average molecular weight is 238 g/mol. The van der Waals surface area contributed by atoms with E-state index >= 15 is 0 Å². The maximum absolute atomic E-state index is 2.64. The van der Waals surface area contributed by atoms with Gasteiger partial charge in [0.1, 0.15) is 0 Å². The van der Waals surface area contributed by atoms with Crippen molar-refractivity contribution in [2.75, 3.05) is 13.1 Å². The minimum Gasteiger partial charge on any atom is -0.299 e. The number of hydrogen-bond acceptors (Lipinski definition) is 1. The Hall–Kier alpha value is -0.530. The zero-order valence-corrected chi connectivity index (χ0v) is 10.5. The van der Waals surface area contributed by atoms with Crippen LogP contribution in [0.1, 0.15) is 24.8 Å². The first-order chi connectivity index (χ1) is 7.42. The highest BCUT2D eigenvalue weighted by Gasteiger charge is 2.35. The molecule has 1 aromatic rings. The van der Waals surface area contributed by atoms with E-state index in [0.717, 1.165) is 18.4 Å². The lowest BCUT2D eigenvalue weighted by Crippen LogP contribution is -2.20. The monoisotopic (exact) mass is 237 g/mol. The van der Waals surface area contributed by atoms with Crippen LogP contribution in [0.3, 0.4) is 0 Å². The lowest BCUT2D eigenvalue weighted by molar-refractivity contribution is 0.303. The van der Waals surface area contributed by atoms with Gasteiger partial charge < -0.3 is 0 Å². The van der Waals surface area contributed by atoms with E-state index in [4.69, 9.17) is 0 Å². The fraction of sp³-hybridized carbons (Fsp3) is 0.571. The zero-order chi connectivity index (χ0) is 10.1. The molecule has 0 aromatic heterocycles. The summed E-state index contributed by atoms with van der Waals surface area (Å²) in [4.78, 5) is 2.64. The van der Waals surface area contributed by atoms with Gasteiger partial charge in [0.25, 0.3) is 0 Å². The van der Waals surface area contributed by atoms with Crippen molar-refractivity contribution in [3.8, 4) is 0 Å². The molecule has 1 aliphatic carbocycles. The molecule has 2 atom stereocenters. The van der Waals surface area contributed by atoms with Crippen LogP contribution in [-0.2, 0) is 6.54 Å². The van der Waals surface area contributed by atoms with Gasteiger partial charge in [0.05, 0.1) is 0 Å². The molecule has 1 aromatic carbocycles. The Balaban J connectivity index is 0.000000963. The number of nitrogens with zero attached hydrogens (tertiary/aromatic N) is 1. The topological polar surface area (TPSA) is 3.24 Å². The number of rotatable bonds is 2. The van der Waals surface area contributed by atoms with Crippen LogP contribution in [0.4, 0.5) is 0 Å². The van der Waals surface area contributed by atoms with Gasteiger partial charge in [-0.3, -0.25) is 4.90 Å². The molecule has 0 bridgehead atoms. The highest BCUT2D eigenvalue weighted by atomic mass is 35.5. The molecule has 16 heavy (non-hydrogen) atoms. The van der Waals surface area contributed by atoms with Crippen LogP contribution < -0.4 is 0 Å². The van der Waals surface area contributed by atoms with Crippen LogP contribution in [0.5, 0.6) is 0 Å². The van der Waals surface area contributed by atoms with Gasteiger partial charge in [0.15, 0.2) is 0 Å². The van der Waals surface area contributed by atoms with E-state index < -0.39 is 0 Å². The van der Waals surface area contributed by atoms with Gasteiger partial charge in [-0.2, -0.15) is 0 Å². The molecule has 2 heteroatoms. The van der Waals surface area contributed by atoms with Gasteiger partial charge in [-0.1, -0.05) is 36.8 Å². The lowest BCUT2D eigenvalue weighted by Gasteiger charge is -2.16. The molecule has 1 nitrogen and oxygen atoms in total. The van der Waals surface area contributed by atoms with Gasteiger partial charge in [0.2, 0.25) is 0 Å². The highest BCUT2D eigenvalue weighted by molar-refractivity contribution is 5.85. The number of benzene rings is 1. The standard InChI is InChI=1S/C14H19N.ClH/c1-2-5-12(6-3-1)9-15-10-13-7-4-8-14(13)11-15;/h1-3,5-6,13-14H,4,7-11H2;1H/t13-,14-;/m0./s1. The Labute approximate surface area is 104 Å². The molecule has 0 radical (unpaired) electrons. The molecule has 0 N–H and O–H groups in total. The average Bonchev–Trinajstić information content (AvgIpc) is 2.79. The van der Waals surface area contributed by atoms with E-state index in [1.165, 1.54) is 37.9 Å². The third kappa shape index (κ3) is 2.41. The van der Waals surface area contributed by atoms with Crippen LogP contribution in [0.25, 0.3) is 0 Å². The first-order valence-corrected chi connectivity index (χ1v) is 6.18. The molecule has 1 aliphatic heterocycles. The van der Waals surface area contributed by atoms with Crippen molar-refractivity contribution in [1.29, 1.82) is 0 Å². The number of fused-ring (bicyclic) bond motifs is 1. The van der Waals surface area contributed by atoms with E-state index in [1.54, 1.807) is 0 Å². The van der Waals surface area contributed by atoms with E-state index in [9.17, 15) is 0 Å². The second-order valence-corrected chi connectivity index (χ2v) is 5.13. The highest BCUT2D eigenvalue weighted by Crippen LogP contribution is 2.38. The van der Waals surface area contributed by atoms with Gasteiger partial charge in [-0.15, -0.1) is 12.4 Å². The number of likely N-dealkylation sites (tertiary alicyclic amines) is 1. The Morgan fingerprint density at radius 2 is 1.62 bits per heavy atom. The quantitative estimate of drug-likeness (QED) is 0.763. The number of hydrogen-bond donors (Lipinski definition) is 0. The second kappa shape index (κ2) is 5.20. The molecule has 1 saturated carbocycles. The third-order valence-electron chi connectivity index (χ3n) is 4.05. The van der Waals surface area contributed by atoms with Crippen molar-refractivity contribution >= 4 is 12.4 Å². The van der Waals surface area contributed by atoms with Crippen molar-refractivity contribution in [3.63, 3.8) is 0 Å². The van der Waals surface area contributed by atoms with E-state index in [2.05, 4.69) is 35.2 Å². The summed E-state index contributed by atoms with van der Waals surface area (Å²) in [5.74, 6) is 2.04. The summed E-state index contributed by atoms with van der Waals surface area (Å²) in [6.45, 7) is 3.85. The van der Waals surface area contributed by atoms with E-state index in [-0.39, 0.29) is 12.4 Å². The Morgan fingerprint density at radius 3 is 2.25 bits per heavy atom. The number of halogens is 1. The molecule has 2 fully saturated rings. The molecular weight excluding hydrogens is 218 g/mol. The first-order valence-electron chi connectivity index (χ1n) is 6.18. The predicted octanol–water partition coefficient (Wildman–Crippen LogP) is 3.34. The van der Waals surface area contributed by atoms with Crippen LogP contribution in [0.2, 0.25) is 0 Å². The van der Waals surface area contributed by atoms with Gasteiger partial charge in [-0.05, 0) is 30.2 Å². The Bertz CT molecular complexity index is 313. The van der Waals surface area contributed by atoms with Gasteiger partial charge in [0, 0.05) is 19.6 Å². The third-order valence-corrected chi connectivity index (χ3v) is 4.05. The summed E-state index contributed by atoms with van der Waals surface area (Å²) >= 11 is 0. The minimum atomic E-state index is 0. The fourth-order valence-electron chi connectivity index (χ4n) is 3.30. The summed E-state index contributed by atoms with van der Waals surface area (Å²) < 4.78 is 0. The van der Waals surface area contributed by atoms with Gasteiger partial charge >= 0.3 is 0 Å². The summed E-state index contributed by atoms with van der Waals surface area (Å²) in [5, 5.41) is 0. The zero-order valence-electron chi connectivity index (χ0n) is 9.64. The van der Waals surface area contributed by atoms with Crippen molar-refractivity contribution in [3.05, 3.63) is 35.9 Å². The predicted molar refractivity (Wildman–Crippen MR) is 69.8 cm³/mol. The molecule has 1 heterocycles. The summed E-state index contributed by atoms with van der Waals surface area (Å²) in [6.07, 6.45) is 4.44. The molecule has 0 spiro atoms. The molecule has 1 saturated heterocycles. The van der Waals surface area contributed by atoms with Crippen molar-refractivity contribution in [2.45, 2.75) is 25.8 Å². The van der Waals surface area contributed by atoms with Gasteiger partial charge in [-0.25, -0.2) is 0 Å². The van der Waals surface area contributed by atoms with Crippen molar-refractivity contribution < 1.29 is 0 Å². The van der Waals surface area contributed by atoms with Crippen LogP contribution in [0, 0.1) is 11.8 Å². The Kier molecular flexibility index (Phi) is 3.88. The van der Waals surface area contributed by atoms with Crippen LogP contribution in [0.15, 0.2) is 30.3 Å². The molecule has 0 amide bonds. The lowest BCUT2D eigenvalue weighted by atomic mass is 10.0. The van der Waals surface area contributed by atoms with Crippen molar-refractivity contribution in [1.82, 2.24) is 4.90 Å². The van der Waals surface area contributed by atoms with Crippen molar-refractivity contribution in [2.24, 2.45) is 11.8 Å². The smallest absolute Gasteiger partial charge is 0.0233 e. The normalized spacial score (nSPS) is 28.8. The Morgan fingerprint density at radius 1 is 1.00 bits per heavy atom. The maximum atomic E-state index is 2.64. The molecular formula is C14H20ClN. The first kappa shape index (κ1) is 11.9. The summed E-state index contributed by atoms with van der Waals surface area (Å²) in [6, 6.07) is 10.9. The second-order valence-electron chi connectivity index (χ2n) is 5.13. The molecule has 2 aliphatic rings. The van der Waals surface area contributed by atoms with Crippen LogP contribution >= 0.6 is 12.4 Å². The summed E-state index contributed by atoms with van der Waals surface area (Å²) in [7, 11) is 0. The molecule has 88 valence electrons. The van der Waals surface area contributed by atoms with Crippen LogP contribution in [-0.4, -0.2) is 18.0 Å². The van der Waals surface area contributed by atoms with E-state index in [1.807, 2.05) is 0 Å². The SMILES string of the molecule is Cl.c1ccc(CN2C[C@@H]3CCC[C@H]3C2)cc1. The fourth-order valence-corrected chi connectivity index (χ4v) is 3.30. The van der Waals surface area contributed by atoms with E-state index in [0.29, 0.717) is 0 Å². The summed E-state index contributed by atoms with van der Waals surface area (Å²) in [5.41, 5.74) is 1.47. The molecule has 0 unspecified atom stereocenters.